The molecule has 3 fully saturated rings. The second-order valence-electron chi connectivity index (χ2n) is 9.66. The monoisotopic (exact) mass is 537 g/mol. The highest BCUT2D eigenvalue weighted by Crippen LogP contribution is 2.69. The van der Waals surface area contributed by atoms with E-state index in [1.165, 1.54) is 16.3 Å². The summed E-state index contributed by atoms with van der Waals surface area (Å²) in [6.07, 6.45) is 4.07. The van der Waals surface area contributed by atoms with E-state index in [4.69, 9.17) is 25.6 Å². The summed E-state index contributed by atoms with van der Waals surface area (Å²) in [4.78, 5) is 24.5. The molecule has 192 valence electrons. The highest BCUT2D eigenvalue weighted by molar-refractivity contribution is 8.56. The standard InChI is InChI=1S/C21H33ClN3O7PS/c1-12(2)30-17(26)13(3)24-33(29,34-14-8-5-6-9-14)32-16-15-21(16,28)20(4,22)18(31-15)25-11-7-10-23-19(25)27/h7,11-16,18,28H,5-6,8-10H2,1-4H3,(H,23,27)(H,24,29). The molecule has 0 aromatic rings. The number of amides is 2. The molecule has 0 aromatic carbocycles. The Morgan fingerprint density at radius 2 is 2.09 bits per heavy atom. The van der Waals surface area contributed by atoms with E-state index in [2.05, 4.69) is 10.4 Å². The van der Waals surface area contributed by atoms with Gasteiger partial charge in [-0.15, -0.1) is 11.6 Å². The number of nitrogens with zero attached hydrogens (tertiary/aromatic N) is 1. The van der Waals surface area contributed by atoms with Gasteiger partial charge in [0.25, 0.3) is 0 Å². The van der Waals surface area contributed by atoms with Crippen molar-refractivity contribution in [2.45, 2.75) is 99.7 Å². The molecule has 0 aromatic heterocycles. The number of aliphatic hydroxyl groups is 1. The Balaban J connectivity index is 1.49. The number of esters is 1. The molecular formula is C21H33ClN3O7PS. The molecule has 7 atom stereocenters. The fraction of sp³-hybridized carbons (Fsp3) is 0.810. The van der Waals surface area contributed by atoms with Crippen molar-refractivity contribution in [3.05, 3.63) is 12.3 Å². The number of rotatable bonds is 9. The lowest BCUT2D eigenvalue weighted by Gasteiger charge is -2.38. The largest absolute Gasteiger partial charge is 0.462 e. The molecule has 2 heterocycles. The van der Waals surface area contributed by atoms with E-state index in [1.807, 2.05) is 0 Å². The fourth-order valence-corrected chi connectivity index (χ4v) is 10.2. The van der Waals surface area contributed by atoms with Gasteiger partial charge in [0.2, 0.25) is 0 Å². The molecule has 13 heteroatoms. The summed E-state index contributed by atoms with van der Waals surface area (Å²) in [6, 6.07) is -1.27. The van der Waals surface area contributed by atoms with Crippen molar-refractivity contribution in [3.8, 4) is 0 Å². The number of carbonyl (C=O) groups is 2. The van der Waals surface area contributed by atoms with Crippen LogP contribution in [0.25, 0.3) is 0 Å². The van der Waals surface area contributed by atoms with Crippen LogP contribution < -0.4 is 10.4 Å². The van der Waals surface area contributed by atoms with Crippen molar-refractivity contribution in [1.82, 2.24) is 15.3 Å². The van der Waals surface area contributed by atoms with E-state index in [0.717, 1.165) is 25.7 Å². The van der Waals surface area contributed by atoms with Crippen LogP contribution in [0.2, 0.25) is 0 Å². The van der Waals surface area contributed by atoms with Crippen molar-refractivity contribution < 1.29 is 33.3 Å². The molecule has 0 bridgehead atoms. The maximum Gasteiger partial charge on any atom is 0.327 e. The minimum Gasteiger partial charge on any atom is -0.462 e. The van der Waals surface area contributed by atoms with Gasteiger partial charge < -0.3 is 24.4 Å². The van der Waals surface area contributed by atoms with Gasteiger partial charge in [-0.05, 0) is 46.6 Å². The molecule has 7 unspecified atom stereocenters. The average molecular weight is 538 g/mol. The minimum absolute atomic E-state index is 0.109. The van der Waals surface area contributed by atoms with Gasteiger partial charge in [0.1, 0.15) is 28.7 Å². The number of halogens is 1. The number of hydrogen-bond acceptors (Lipinski definition) is 8. The normalized spacial score (nSPS) is 37.9. The zero-order valence-electron chi connectivity index (χ0n) is 19.7. The molecule has 0 radical (unpaired) electrons. The summed E-state index contributed by atoms with van der Waals surface area (Å²) in [7, 11) is 0. The Hall–Kier alpha value is -0.810. The molecule has 2 aliphatic heterocycles. The Kier molecular flexibility index (Phi) is 7.39. The van der Waals surface area contributed by atoms with E-state index in [1.54, 1.807) is 40.0 Å². The Labute approximate surface area is 208 Å². The predicted molar refractivity (Wildman–Crippen MR) is 128 cm³/mol. The molecule has 2 aliphatic carbocycles. The third kappa shape index (κ3) is 4.77. The number of alkyl halides is 1. The molecule has 4 aliphatic rings. The first kappa shape index (κ1) is 26.3. The van der Waals surface area contributed by atoms with Crippen LogP contribution in [-0.4, -0.2) is 74.9 Å². The molecule has 34 heavy (non-hydrogen) atoms. The minimum atomic E-state index is -3.67. The lowest BCUT2D eigenvalue weighted by Crippen LogP contribution is -2.57. The van der Waals surface area contributed by atoms with Gasteiger partial charge in [-0.1, -0.05) is 24.2 Å². The highest BCUT2D eigenvalue weighted by Gasteiger charge is 2.84. The molecule has 2 saturated carbocycles. The van der Waals surface area contributed by atoms with E-state index < -0.39 is 47.6 Å². The molecule has 10 nitrogen and oxygen atoms in total. The molecule has 3 N–H and O–H groups in total. The zero-order valence-corrected chi connectivity index (χ0v) is 22.2. The average Bonchev–Trinajstić information content (AvgIpc) is 3.05. The van der Waals surface area contributed by atoms with Crippen molar-refractivity contribution in [2.24, 2.45) is 0 Å². The van der Waals surface area contributed by atoms with E-state index in [-0.39, 0.29) is 17.4 Å². The third-order valence-corrected chi connectivity index (χ3v) is 11.6. The van der Waals surface area contributed by atoms with Crippen LogP contribution in [0.4, 0.5) is 4.79 Å². The van der Waals surface area contributed by atoms with Crippen LogP contribution in [0, 0.1) is 0 Å². The molecule has 2 amide bonds. The van der Waals surface area contributed by atoms with Gasteiger partial charge in [-0.25, -0.2) is 9.88 Å². The highest BCUT2D eigenvalue weighted by atomic mass is 35.5. The van der Waals surface area contributed by atoms with E-state index in [9.17, 15) is 19.3 Å². The van der Waals surface area contributed by atoms with Crippen molar-refractivity contribution in [1.29, 1.82) is 0 Å². The SMILES string of the molecule is CC(C)OC(=O)C(C)NP(=O)(OC1C2OC(N3C=CCNC3=O)C(C)(Cl)C21O)SC1CCCC1. The first-order valence-electron chi connectivity index (χ1n) is 11.6. The summed E-state index contributed by atoms with van der Waals surface area (Å²) >= 11 is 7.94. The van der Waals surface area contributed by atoms with Crippen LogP contribution in [0.5, 0.6) is 0 Å². The quantitative estimate of drug-likeness (QED) is 0.231. The maximum absolute atomic E-state index is 14.0. The molecule has 0 spiro atoms. The third-order valence-electron chi connectivity index (χ3n) is 6.58. The summed E-state index contributed by atoms with van der Waals surface area (Å²) in [5.74, 6) is -0.540. The molecular weight excluding hydrogens is 505 g/mol. The zero-order chi connectivity index (χ0) is 24.9. The van der Waals surface area contributed by atoms with Gasteiger partial charge in [-0.3, -0.25) is 14.3 Å². The number of carbonyl (C=O) groups excluding carboxylic acids is 2. The number of hydrogen-bond donors (Lipinski definition) is 3. The first-order valence-corrected chi connectivity index (χ1v) is 15.1. The van der Waals surface area contributed by atoms with Crippen molar-refractivity contribution >= 4 is 41.7 Å². The number of urea groups is 1. The summed E-state index contributed by atoms with van der Waals surface area (Å²) in [6.45, 7) is 3.34. The van der Waals surface area contributed by atoms with Crippen LogP contribution in [0.15, 0.2) is 12.3 Å². The van der Waals surface area contributed by atoms with Crippen LogP contribution >= 0.6 is 29.7 Å². The Morgan fingerprint density at radius 3 is 2.65 bits per heavy atom. The summed E-state index contributed by atoms with van der Waals surface area (Å²) in [5.41, 5.74) is -1.67. The second kappa shape index (κ2) is 9.57. The van der Waals surface area contributed by atoms with Gasteiger partial charge in [0, 0.05) is 18.0 Å². The van der Waals surface area contributed by atoms with Crippen LogP contribution in [0.3, 0.4) is 0 Å². The summed E-state index contributed by atoms with van der Waals surface area (Å²) < 4.78 is 31.2. The van der Waals surface area contributed by atoms with Gasteiger partial charge >= 0.3 is 18.7 Å². The number of ether oxygens (including phenoxy) is 2. The van der Waals surface area contributed by atoms with E-state index >= 15 is 0 Å². The van der Waals surface area contributed by atoms with Gasteiger partial charge in [0.05, 0.1) is 6.10 Å². The predicted octanol–water partition coefficient (Wildman–Crippen LogP) is 3.09. The fourth-order valence-electron chi connectivity index (χ4n) is 4.68. The molecule has 4 rings (SSSR count). The topological polar surface area (TPSA) is 126 Å². The van der Waals surface area contributed by atoms with Gasteiger partial charge in [-0.2, -0.15) is 0 Å². The van der Waals surface area contributed by atoms with E-state index in [0.29, 0.717) is 6.54 Å². The van der Waals surface area contributed by atoms with Gasteiger partial charge in [0.15, 0.2) is 6.23 Å². The van der Waals surface area contributed by atoms with Crippen molar-refractivity contribution in [2.75, 3.05) is 6.54 Å². The lowest BCUT2D eigenvalue weighted by atomic mass is 9.99. The Bertz CT molecular complexity index is 900. The van der Waals surface area contributed by atoms with Crippen LogP contribution in [0.1, 0.15) is 53.4 Å². The Morgan fingerprint density at radius 1 is 1.41 bits per heavy atom. The van der Waals surface area contributed by atoms with Crippen molar-refractivity contribution in [3.63, 3.8) is 0 Å². The molecule has 1 saturated heterocycles. The smallest absolute Gasteiger partial charge is 0.327 e. The first-order chi connectivity index (χ1) is 15.9. The lowest BCUT2D eigenvalue weighted by molar-refractivity contribution is -0.149. The van der Waals surface area contributed by atoms with Crippen LogP contribution in [-0.2, 0) is 23.4 Å². The summed E-state index contributed by atoms with van der Waals surface area (Å²) in [5, 5.41) is 17.0. The maximum atomic E-state index is 14.0. The number of fused-ring (bicyclic) bond motifs is 1. The second-order valence-corrected chi connectivity index (χ2v) is 14.9. The number of nitrogens with one attached hydrogen (secondary N) is 2.